The van der Waals surface area contributed by atoms with E-state index in [-0.39, 0.29) is 28.6 Å². The lowest BCUT2D eigenvalue weighted by Gasteiger charge is -2.44. The Morgan fingerprint density at radius 2 is 0.911 bits per heavy atom. The maximum atomic E-state index is 11.7. The van der Waals surface area contributed by atoms with Crippen LogP contribution in [0.4, 0.5) is 0 Å². The zero-order valence-electron chi connectivity index (χ0n) is 28.3. The van der Waals surface area contributed by atoms with Gasteiger partial charge in [-0.2, -0.15) is 0 Å². The second-order valence-electron chi connectivity index (χ2n) is 12.5. The quantitative estimate of drug-likeness (QED) is 0.0410. The number of ether oxygens (including phenoxy) is 3. The van der Waals surface area contributed by atoms with Gasteiger partial charge >= 0.3 is 17.9 Å². The molecule has 10 heteroatoms. The largest absolute Gasteiger partial charge is 0.494 e. The van der Waals surface area contributed by atoms with Gasteiger partial charge in [0, 0.05) is 6.92 Å². The molecule has 0 saturated heterocycles. The minimum absolute atomic E-state index is 0.191. The highest BCUT2D eigenvalue weighted by atomic mass is 16.5. The summed E-state index contributed by atoms with van der Waals surface area (Å²) >= 11 is 0. The van der Waals surface area contributed by atoms with Crippen LogP contribution in [-0.4, -0.2) is 70.4 Å². The van der Waals surface area contributed by atoms with E-state index in [1.165, 1.54) is 98.7 Å². The molecular formula is C35H60O10. The van der Waals surface area contributed by atoms with Crippen molar-refractivity contribution in [3.8, 4) is 0 Å². The van der Waals surface area contributed by atoms with Gasteiger partial charge in [0.05, 0.1) is 33.7 Å². The van der Waals surface area contributed by atoms with Crippen LogP contribution < -0.4 is 0 Å². The first-order valence-electron chi connectivity index (χ1n) is 17.0. The van der Waals surface area contributed by atoms with E-state index in [0.717, 1.165) is 38.5 Å². The molecule has 4 N–H and O–H groups in total. The van der Waals surface area contributed by atoms with Crippen molar-refractivity contribution in [2.75, 3.05) is 20.8 Å². The Kier molecular flexibility index (Phi) is 19.8. The number of aliphatic hydroxyl groups is 2. The van der Waals surface area contributed by atoms with E-state index in [0.29, 0.717) is 19.4 Å². The van der Waals surface area contributed by atoms with E-state index in [4.69, 9.17) is 14.2 Å². The highest BCUT2D eigenvalue weighted by Gasteiger charge is 2.54. The Bertz CT molecular complexity index is 971. The van der Waals surface area contributed by atoms with Crippen LogP contribution >= 0.6 is 0 Å². The number of aliphatic carboxylic acids is 2. The fourth-order valence-electron chi connectivity index (χ4n) is 6.45. The molecule has 1 rings (SSSR count). The smallest absolute Gasteiger partial charge is 0.307 e. The van der Waals surface area contributed by atoms with Crippen LogP contribution in [0.15, 0.2) is 22.7 Å². The van der Waals surface area contributed by atoms with Gasteiger partial charge in [-0.15, -0.1) is 0 Å². The molecule has 0 aliphatic heterocycles. The maximum absolute atomic E-state index is 11.7. The molecule has 0 fully saturated rings. The molecule has 1 aliphatic carbocycles. The lowest BCUT2D eigenvalue weighted by atomic mass is 9.70. The van der Waals surface area contributed by atoms with Crippen LogP contribution in [0.5, 0.6) is 0 Å². The zero-order chi connectivity index (χ0) is 33.7. The molecule has 2 atom stereocenters. The van der Waals surface area contributed by atoms with Gasteiger partial charge in [0.2, 0.25) is 0 Å². The first-order chi connectivity index (χ1) is 21.4. The number of carboxylic acids is 2. The minimum atomic E-state index is -2.05. The van der Waals surface area contributed by atoms with Crippen molar-refractivity contribution < 1.29 is 49.0 Å². The van der Waals surface area contributed by atoms with Gasteiger partial charge < -0.3 is 34.6 Å². The van der Waals surface area contributed by atoms with E-state index in [1.54, 1.807) is 0 Å². The van der Waals surface area contributed by atoms with Crippen molar-refractivity contribution in [2.24, 2.45) is 0 Å². The fourth-order valence-corrected chi connectivity index (χ4v) is 6.45. The topological polar surface area (TPSA) is 160 Å². The number of carboxylic acid groups (broad SMARTS) is 2. The highest BCUT2D eigenvalue weighted by molar-refractivity contribution is 5.73. The van der Waals surface area contributed by atoms with Crippen LogP contribution in [0, 0.1) is 0 Å². The van der Waals surface area contributed by atoms with Crippen molar-refractivity contribution in [3.63, 3.8) is 0 Å². The third-order valence-corrected chi connectivity index (χ3v) is 8.88. The number of hydrogen-bond donors (Lipinski definition) is 4. The SMILES string of the molecule is COC1=C(OC)C(O)(CC(=O)O)C(CCCCCCCCCCCCCCCCCCCCOC(C)=O)=C(C)C1(O)CC(=O)O. The van der Waals surface area contributed by atoms with E-state index >= 15 is 0 Å². The van der Waals surface area contributed by atoms with Gasteiger partial charge in [-0.1, -0.05) is 103 Å². The molecule has 0 spiro atoms. The van der Waals surface area contributed by atoms with Crippen LogP contribution in [0.25, 0.3) is 0 Å². The number of carbonyl (C=O) groups excluding carboxylic acids is 1. The van der Waals surface area contributed by atoms with Crippen molar-refractivity contribution in [1.29, 1.82) is 0 Å². The van der Waals surface area contributed by atoms with E-state index in [1.807, 2.05) is 0 Å². The lowest BCUT2D eigenvalue weighted by molar-refractivity contribution is -0.145. The van der Waals surface area contributed by atoms with Crippen molar-refractivity contribution in [2.45, 2.75) is 160 Å². The second kappa shape index (κ2) is 22.0. The van der Waals surface area contributed by atoms with Crippen LogP contribution in [-0.2, 0) is 28.6 Å². The van der Waals surface area contributed by atoms with Crippen molar-refractivity contribution >= 4 is 17.9 Å². The van der Waals surface area contributed by atoms with Gasteiger partial charge in [-0.05, 0) is 37.3 Å². The molecule has 45 heavy (non-hydrogen) atoms. The number of carbonyl (C=O) groups is 3. The average molecular weight is 641 g/mol. The molecule has 0 saturated carbocycles. The molecule has 260 valence electrons. The number of hydrogen-bond acceptors (Lipinski definition) is 8. The number of esters is 1. The first kappa shape index (κ1) is 40.4. The Balaban J connectivity index is 2.31. The normalized spacial score (nSPS) is 20.0. The molecule has 0 heterocycles. The summed E-state index contributed by atoms with van der Waals surface area (Å²) in [6, 6.07) is 0. The minimum Gasteiger partial charge on any atom is -0.494 e. The maximum Gasteiger partial charge on any atom is 0.307 e. The van der Waals surface area contributed by atoms with Crippen LogP contribution in [0.2, 0.25) is 0 Å². The molecule has 1 aliphatic rings. The highest BCUT2D eigenvalue weighted by Crippen LogP contribution is 2.48. The Hall–Kier alpha value is -2.59. The predicted molar refractivity (Wildman–Crippen MR) is 173 cm³/mol. The summed E-state index contributed by atoms with van der Waals surface area (Å²) in [7, 11) is 2.47. The van der Waals surface area contributed by atoms with E-state index < -0.39 is 36.0 Å². The summed E-state index contributed by atoms with van der Waals surface area (Å²) in [5.74, 6) is -3.26. The number of unbranched alkanes of at least 4 members (excludes halogenated alkanes) is 17. The standard InChI is InChI=1S/C35H60O10/c1-27-29(35(42,26-31(39)40)33(44-4)32(43-3)34(27,41)25-30(37)38)23-21-19-17-15-13-11-9-7-5-6-8-10-12-14-16-18-20-22-24-45-28(2)36/h41-42H,5-26H2,1-4H3,(H,37,38)(H,39,40). The monoisotopic (exact) mass is 640 g/mol. The molecule has 2 unspecified atom stereocenters. The molecule has 0 aromatic carbocycles. The Labute approximate surface area is 270 Å². The van der Waals surface area contributed by atoms with Crippen molar-refractivity contribution in [3.05, 3.63) is 22.7 Å². The van der Waals surface area contributed by atoms with Crippen molar-refractivity contribution in [1.82, 2.24) is 0 Å². The Morgan fingerprint density at radius 1 is 0.578 bits per heavy atom. The molecule has 10 nitrogen and oxygen atoms in total. The lowest BCUT2D eigenvalue weighted by Crippen LogP contribution is -2.50. The molecule has 0 aromatic heterocycles. The predicted octanol–water partition coefficient (Wildman–Crippen LogP) is 7.21. The molecular weight excluding hydrogens is 580 g/mol. The van der Waals surface area contributed by atoms with E-state index in [9.17, 15) is 34.8 Å². The third-order valence-electron chi connectivity index (χ3n) is 8.88. The van der Waals surface area contributed by atoms with Gasteiger partial charge in [-0.3, -0.25) is 14.4 Å². The zero-order valence-corrected chi connectivity index (χ0v) is 28.3. The van der Waals surface area contributed by atoms with Gasteiger partial charge in [0.15, 0.2) is 22.7 Å². The molecule has 0 radical (unpaired) electrons. The molecule has 0 aromatic rings. The summed E-state index contributed by atoms with van der Waals surface area (Å²) in [5.41, 5.74) is -3.63. The van der Waals surface area contributed by atoms with Gasteiger partial charge in [0.25, 0.3) is 0 Å². The number of rotatable bonds is 27. The third kappa shape index (κ3) is 14.2. The summed E-state index contributed by atoms with van der Waals surface area (Å²) in [4.78, 5) is 34.1. The van der Waals surface area contributed by atoms with Crippen LogP contribution in [0.3, 0.4) is 0 Å². The second-order valence-corrected chi connectivity index (χ2v) is 12.5. The fraction of sp³-hybridized carbons (Fsp3) is 0.800. The van der Waals surface area contributed by atoms with Gasteiger partial charge in [0.1, 0.15) is 0 Å². The first-order valence-corrected chi connectivity index (χ1v) is 17.0. The van der Waals surface area contributed by atoms with Gasteiger partial charge in [-0.25, -0.2) is 0 Å². The van der Waals surface area contributed by atoms with Crippen LogP contribution in [0.1, 0.15) is 149 Å². The average Bonchev–Trinajstić information content (AvgIpc) is 2.96. The summed E-state index contributed by atoms with van der Waals surface area (Å²) in [6.07, 6.45) is 19.8. The van der Waals surface area contributed by atoms with E-state index in [2.05, 4.69) is 0 Å². The molecule has 0 bridgehead atoms. The molecule has 0 amide bonds. The Morgan fingerprint density at radius 3 is 1.27 bits per heavy atom. The summed E-state index contributed by atoms with van der Waals surface area (Å²) < 4.78 is 15.6. The summed E-state index contributed by atoms with van der Waals surface area (Å²) in [6.45, 7) is 3.52. The summed E-state index contributed by atoms with van der Waals surface area (Å²) in [5, 5.41) is 42.1. The number of methoxy groups -OCH3 is 2.